The SMILES string of the molecule is Cc1cc(CN2CCC[C@H](C)C2)cc2c(=O)c(-c3cccc(C(F)(c4nncn4C)C(F)(F)F)c3)coc12. The van der Waals surface area contributed by atoms with E-state index in [-0.39, 0.29) is 11.1 Å². The molecule has 38 heavy (non-hydrogen) atoms. The van der Waals surface area contributed by atoms with E-state index in [1.807, 2.05) is 13.0 Å². The summed E-state index contributed by atoms with van der Waals surface area (Å²) in [5.41, 5.74) is -2.70. The van der Waals surface area contributed by atoms with Crippen LogP contribution in [-0.4, -0.2) is 38.9 Å². The molecular weight excluding hydrogens is 500 g/mol. The maximum atomic E-state index is 15.9. The number of nitrogens with zero attached hydrogens (tertiary/aromatic N) is 4. The largest absolute Gasteiger partial charge is 0.463 e. The van der Waals surface area contributed by atoms with Gasteiger partial charge in [0.15, 0.2) is 5.82 Å². The lowest BCUT2D eigenvalue weighted by Gasteiger charge is -2.30. The summed E-state index contributed by atoms with van der Waals surface area (Å²) in [6, 6.07) is 8.56. The van der Waals surface area contributed by atoms with Gasteiger partial charge in [-0.15, -0.1) is 10.2 Å². The first-order chi connectivity index (χ1) is 18.0. The molecule has 1 aliphatic heterocycles. The lowest BCUT2D eigenvalue weighted by Crippen LogP contribution is -2.41. The van der Waals surface area contributed by atoms with Gasteiger partial charge in [-0.05, 0) is 61.1 Å². The number of benzene rings is 2. The molecule has 6 nitrogen and oxygen atoms in total. The molecule has 200 valence electrons. The van der Waals surface area contributed by atoms with Gasteiger partial charge in [0, 0.05) is 25.7 Å². The fraction of sp³-hybridized carbons (Fsp3) is 0.393. The van der Waals surface area contributed by atoms with Gasteiger partial charge >= 0.3 is 6.18 Å². The third kappa shape index (κ3) is 4.51. The number of aromatic nitrogens is 3. The lowest BCUT2D eigenvalue weighted by molar-refractivity contribution is -0.222. The van der Waals surface area contributed by atoms with Crippen LogP contribution in [0.1, 0.15) is 42.3 Å². The molecule has 1 aliphatic rings. The van der Waals surface area contributed by atoms with Gasteiger partial charge in [-0.25, -0.2) is 4.39 Å². The third-order valence-corrected chi connectivity index (χ3v) is 7.25. The maximum absolute atomic E-state index is 15.9. The predicted molar refractivity (Wildman–Crippen MR) is 135 cm³/mol. The fourth-order valence-electron chi connectivity index (χ4n) is 5.38. The average molecular weight is 529 g/mol. The molecule has 1 fully saturated rings. The maximum Gasteiger partial charge on any atom is 0.434 e. The highest BCUT2D eigenvalue weighted by Crippen LogP contribution is 2.47. The molecule has 10 heteroatoms. The van der Waals surface area contributed by atoms with Crippen LogP contribution >= 0.6 is 0 Å². The van der Waals surface area contributed by atoms with Crippen LogP contribution in [-0.2, 0) is 19.3 Å². The average Bonchev–Trinajstić information content (AvgIpc) is 3.30. The van der Waals surface area contributed by atoms with E-state index in [2.05, 4.69) is 22.0 Å². The monoisotopic (exact) mass is 528 g/mol. The minimum absolute atomic E-state index is 0.0463. The molecule has 0 amide bonds. The van der Waals surface area contributed by atoms with Gasteiger partial charge in [0.2, 0.25) is 5.43 Å². The van der Waals surface area contributed by atoms with Crippen LogP contribution in [0.4, 0.5) is 17.6 Å². The summed E-state index contributed by atoms with van der Waals surface area (Å²) >= 11 is 0. The molecule has 2 aromatic heterocycles. The molecule has 5 rings (SSSR count). The van der Waals surface area contributed by atoms with Crippen LogP contribution in [0.2, 0.25) is 0 Å². The zero-order valence-electron chi connectivity index (χ0n) is 21.3. The molecule has 0 saturated carbocycles. The van der Waals surface area contributed by atoms with E-state index < -0.39 is 28.7 Å². The van der Waals surface area contributed by atoms with Gasteiger partial charge in [-0.3, -0.25) is 9.69 Å². The summed E-state index contributed by atoms with van der Waals surface area (Å²) in [7, 11) is 1.24. The molecule has 4 aromatic rings. The summed E-state index contributed by atoms with van der Waals surface area (Å²) < 4.78 is 65.0. The van der Waals surface area contributed by atoms with Crippen molar-refractivity contribution in [2.45, 2.75) is 45.1 Å². The van der Waals surface area contributed by atoms with Crippen molar-refractivity contribution in [2.24, 2.45) is 13.0 Å². The molecule has 0 spiro atoms. The van der Waals surface area contributed by atoms with Gasteiger partial charge in [0.05, 0.1) is 10.9 Å². The normalized spacial score (nSPS) is 18.6. The Kier molecular flexibility index (Phi) is 6.63. The Balaban J connectivity index is 1.59. The molecule has 2 atom stereocenters. The van der Waals surface area contributed by atoms with Crippen molar-refractivity contribution in [3.8, 4) is 11.1 Å². The van der Waals surface area contributed by atoms with Crippen molar-refractivity contribution >= 4 is 11.0 Å². The topological polar surface area (TPSA) is 64.2 Å². The number of rotatable bonds is 5. The summed E-state index contributed by atoms with van der Waals surface area (Å²) in [6.45, 7) is 6.73. The van der Waals surface area contributed by atoms with Crippen LogP contribution in [0.25, 0.3) is 22.1 Å². The Morgan fingerprint density at radius 1 is 1.16 bits per heavy atom. The zero-order chi connectivity index (χ0) is 27.2. The molecule has 2 aromatic carbocycles. The standard InChI is InChI=1S/C28H28F4N4O2/c1-17-6-5-9-36(13-17)14-19-10-18(2)25-22(11-19)24(37)23(15-38-25)20-7-4-8-21(12-20)27(29,28(30,31)32)26-34-33-16-35(26)3/h4,7-8,10-12,15-17H,5-6,9,13-14H2,1-3H3/t17-,27?/m0/s1. The molecule has 1 saturated heterocycles. The number of hydrogen-bond acceptors (Lipinski definition) is 5. The Labute approximate surface area is 216 Å². The molecular formula is C28H28F4N4O2. The second kappa shape index (κ2) is 9.65. The van der Waals surface area contributed by atoms with E-state index in [1.165, 1.54) is 31.9 Å². The van der Waals surface area contributed by atoms with Crippen molar-refractivity contribution in [1.82, 2.24) is 19.7 Å². The molecule has 0 bridgehead atoms. The quantitative estimate of drug-likeness (QED) is 0.302. The molecule has 0 aliphatic carbocycles. The first-order valence-corrected chi connectivity index (χ1v) is 12.5. The highest BCUT2D eigenvalue weighted by Gasteiger charge is 2.61. The van der Waals surface area contributed by atoms with Crippen molar-refractivity contribution in [3.05, 3.63) is 81.7 Å². The Bertz CT molecular complexity index is 1540. The van der Waals surface area contributed by atoms with Crippen LogP contribution in [0.15, 0.2) is 58.2 Å². The number of hydrogen-bond donors (Lipinski definition) is 0. The second-order valence-corrected chi connectivity index (χ2v) is 10.3. The lowest BCUT2D eigenvalue weighted by atomic mass is 9.91. The Morgan fingerprint density at radius 3 is 2.63 bits per heavy atom. The van der Waals surface area contributed by atoms with Crippen molar-refractivity contribution < 1.29 is 22.0 Å². The number of alkyl halides is 4. The molecule has 0 radical (unpaired) electrons. The Hall–Kier alpha value is -3.53. The van der Waals surface area contributed by atoms with Gasteiger partial charge in [-0.2, -0.15) is 13.2 Å². The van der Waals surface area contributed by atoms with Gasteiger partial charge in [-0.1, -0.05) is 31.2 Å². The summed E-state index contributed by atoms with van der Waals surface area (Å²) in [4.78, 5) is 16.0. The van der Waals surface area contributed by atoms with Crippen LogP contribution in [0, 0.1) is 12.8 Å². The van der Waals surface area contributed by atoms with Crippen LogP contribution in [0.3, 0.4) is 0 Å². The predicted octanol–water partition coefficient (Wildman–Crippen LogP) is 5.90. The first kappa shape index (κ1) is 26.1. The van der Waals surface area contributed by atoms with E-state index in [4.69, 9.17) is 4.42 Å². The van der Waals surface area contributed by atoms with Crippen molar-refractivity contribution in [1.29, 1.82) is 0 Å². The zero-order valence-corrected chi connectivity index (χ0v) is 21.3. The number of fused-ring (bicyclic) bond motifs is 1. The highest BCUT2D eigenvalue weighted by atomic mass is 19.4. The summed E-state index contributed by atoms with van der Waals surface area (Å²) in [5.74, 6) is -0.296. The minimum atomic E-state index is -5.32. The number of piperidine rings is 1. The van der Waals surface area contributed by atoms with Crippen molar-refractivity contribution in [3.63, 3.8) is 0 Å². The minimum Gasteiger partial charge on any atom is -0.463 e. The van der Waals surface area contributed by atoms with E-state index in [1.54, 1.807) is 6.07 Å². The third-order valence-electron chi connectivity index (χ3n) is 7.25. The fourth-order valence-corrected chi connectivity index (χ4v) is 5.38. The molecule has 3 heterocycles. The van der Waals surface area contributed by atoms with E-state index in [0.29, 0.717) is 23.4 Å². The molecule has 0 N–H and O–H groups in total. The molecule has 1 unspecified atom stereocenters. The van der Waals surface area contributed by atoms with Crippen molar-refractivity contribution in [2.75, 3.05) is 13.1 Å². The van der Waals surface area contributed by atoms with E-state index >= 15 is 4.39 Å². The van der Waals surface area contributed by atoms with E-state index in [9.17, 15) is 18.0 Å². The number of aryl methyl sites for hydroxylation is 2. The van der Waals surface area contributed by atoms with Gasteiger partial charge < -0.3 is 8.98 Å². The smallest absolute Gasteiger partial charge is 0.434 e. The summed E-state index contributed by atoms with van der Waals surface area (Å²) in [5, 5.41) is 7.16. The number of halogens is 4. The summed E-state index contributed by atoms with van der Waals surface area (Å²) in [6.07, 6.45) is -0.776. The second-order valence-electron chi connectivity index (χ2n) is 10.3. The van der Waals surface area contributed by atoms with Crippen LogP contribution in [0.5, 0.6) is 0 Å². The van der Waals surface area contributed by atoms with Crippen LogP contribution < -0.4 is 5.43 Å². The van der Waals surface area contributed by atoms with E-state index in [0.717, 1.165) is 53.7 Å². The highest BCUT2D eigenvalue weighted by molar-refractivity contribution is 5.84. The van der Waals surface area contributed by atoms with Gasteiger partial charge in [0.25, 0.3) is 5.67 Å². The number of likely N-dealkylation sites (tertiary alicyclic amines) is 1. The van der Waals surface area contributed by atoms with Gasteiger partial charge in [0.1, 0.15) is 18.2 Å². The first-order valence-electron chi connectivity index (χ1n) is 12.5. The Morgan fingerprint density at radius 2 is 1.95 bits per heavy atom.